The molecule has 2 fully saturated rings. The van der Waals surface area contributed by atoms with E-state index < -0.39 is 0 Å². The molecule has 6 unspecified atom stereocenters. The lowest BCUT2D eigenvalue weighted by molar-refractivity contribution is 0.407. The Kier molecular flexibility index (Phi) is 32.6. The molecule has 2 saturated carbocycles. The van der Waals surface area contributed by atoms with E-state index in [9.17, 15) is 0 Å². The molecule has 0 radical (unpaired) electrons. The lowest BCUT2D eigenvalue weighted by Gasteiger charge is -2.10. The van der Waals surface area contributed by atoms with Gasteiger partial charge < -0.3 is 0 Å². The molecule has 0 aromatic heterocycles. The van der Waals surface area contributed by atoms with Crippen LogP contribution in [0.3, 0.4) is 0 Å². The van der Waals surface area contributed by atoms with E-state index in [0.29, 0.717) is 5.92 Å². The highest BCUT2D eigenvalue weighted by Crippen LogP contribution is 2.39. The van der Waals surface area contributed by atoms with E-state index in [2.05, 4.69) is 107 Å². The first kappa shape index (κ1) is 38.7. The SMILES string of the molecule is C/C=C/C(C)CCCC.C=CC(C)CC.CCC1CC1C.CCC1CCCC1C.CCC=CCC. The fourth-order valence-corrected chi connectivity index (χ4v) is 4.25. The number of hydrogen-bond donors (Lipinski definition) is 0. The van der Waals surface area contributed by atoms with E-state index in [1.807, 2.05) is 6.08 Å². The average molecular weight is 491 g/mol. The van der Waals surface area contributed by atoms with E-state index in [-0.39, 0.29) is 0 Å². The standard InChI is InChI=1S/C9H18.C8H16.3C6H12/c1-4-6-8-9(3)7-5-2;1-3-8-6-4-5-7(8)2;1-3-6-4-5(6)2;1-4-6(3)5-2;1-3-5-6-4-2/h5,7,9H,4,6,8H2,1-3H3;7-8H,3-6H2,1-2H3;5-6H,3-4H2,1-2H3;4,6H,1,5H2,2-3H3;5-6H,3-4H2,1-2H3/b7-5+;;;;. The van der Waals surface area contributed by atoms with Gasteiger partial charge in [-0.2, -0.15) is 0 Å². The summed E-state index contributed by atoms with van der Waals surface area (Å²) in [7, 11) is 0. The predicted molar refractivity (Wildman–Crippen MR) is 167 cm³/mol. The molecule has 0 heterocycles. The minimum Gasteiger partial charge on any atom is -0.103 e. The molecule has 2 aliphatic carbocycles. The van der Waals surface area contributed by atoms with E-state index >= 15 is 0 Å². The Hall–Kier alpha value is -0.780. The lowest BCUT2D eigenvalue weighted by Crippen LogP contribution is -2.00. The molecule has 0 amide bonds. The summed E-state index contributed by atoms with van der Waals surface area (Å²) < 4.78 is 0. The average Bonchev–Trinajstić information content (AvgIpc) is 3.44. The van der Waals surface area contributed by atoms with Gasteiger partial charge in [0.15, 0.2) is 0 Å². The highest BCUT2D eigenvalue weighted by atomic mass is 14.3. The molecule has 35 heavy (non-hydrogen) atoms. The summed E-state index contributed by atoms with van der Waals surface area (Å²) >= 11 is 0. The highest BCUT2D eigenvalue weighted by Gasteiger charge is 2.29. The second-order valence-electron chi connectivity index (χ2n) is 11.0. The van der Waals surface area contributed by atoms with Gasteiger partial charge >= 0.3 is 0 Å². The van der Waals surface area contributed by atoms with E-state index in [4.69, 9.17) is 0 Å². The summed E-state index contributed by atoms with van der Waals surface area (Å²) in [5.74, 6) is 5.75. The minimum atomic E-state index is 0.699. The zero-order valence-electron chi connectivity index (χ0n) is 26.5. The first-order chi connectivity index (χ1) is 16.7. The summed E-state index contributed by atoms with van der Waals surface area (Å²) in [6.45, 7) is 28.1. The summed E-state index contributed by atoms with van der Waals surface area (Å²) in [4.78, 5) is 0. The van der Waals surface area contributed by atoms with Crippen LogP contribution in [0.1, 0.15) is 153 Å². The van der Waals surface area contributed by atoms with Gasteiger partial charge in [0.25, 0.3) is 0 Å². The van der Waals surface area contributed by atoms with Crippen LogP contribution in [-0.4, -0.2) is 0 Å². The zero-order chi connectivity index (χ0) is 27.5. The third-order valence-corrected chi connectivity index (χ3v) is 7.58. The Balaban J connectivity index is -0.000000370. The van der Waals surface area contributed by atoms with Gasteiger partial charge in [-0.05, 0) is 68.1 Å². The third-order valence-electron chi connectivity index (χ3n) is 7.58. The lowest BCUT2D eigenvalue weighted by atomic mass is 9.96. The van der Waals surface area contributed by atoms with Gasteiger partial charge in [-0.15, -0.1) is 6.58 Å². The maximum absolute atomic E-state index is 3.63. The molecule has 0 saturated heterocycles. The van der Waals surface area contributed by atoms with Crippen molar-refractivity contribution in [1.82, 2.24) is 0 Å². The molecule has 0 bridgehead atoms. The summed E-state index contributed by atoms with van der Waals surface area (Å²) in [6, 6.07) is 0. The number of rotatable bonds is 10. The smallest absolute Gasteiger partial charge is 0.0262 e. The van der Waals surface area contributed by atoms with Crippen molar-refractivity contribution in [1.29, 1.82) is 0 Å². The van der Waals surface area contributed by atoms with Gasteiger partial charge in [0.05, 0.1) is 0 Å². The number of allylic oxidation sites excluding steroid dienone is 5. The van der Waals surface area contributed by atoms with Crippen molar-refractivity contribution < 1.29 is 0 Å². The number of hydrogen-bond acceptors (Lipinski definition) is 0. The van der Waals surface area contributed by atoms with Crippen molar-refractivity contribution in [2.75, 3.05) is 0 Å². The minimum absolute atomic E-state index is 0.699. The van der Waals surface area contributed by atoms with Gasteiger partial charge in [-0.3, -0.25) is 0 Å². The van der Waals surface area contributed by atoms with Crippen molar-refractivity contribution >= 4 is 0 Å². The van der Waals surface area contributed by atoms with Gasteiger partial charge in [0.1, 0.15) is 0 Å². The molecule has 0 aromatic carbocycles. The number of unbranched alkanes of at least 4 members (excludes halogenated alkanes) is 1. The van der Waals surface area contributed by atoms with Crippen LogP contribution in [0.25, 0.3) is 0 Å². The Morgan fingerprint density at radius 1 is 0.800 bits per heavy atom. The van der Waals surface area contributed by atoms with Crippen LogP contribution in [0.15, 0.2) is 37.0 Å². The topological polar surface area (TPSA) is 0 Å². The van der Waals surface area contributed by atoms with Gasteiger partial charge in [0, 0.05) is 0 Å². The molecule has 0 N–H and O–H groups in total. The Morgan fingerprint density at radius 2 is 1.34 bits per heavy atom. The first-order valence-electron chi connectivity index (χ1n) is 15.6. The zero-order valence-corrected chi connectivity index (χ0v) is 26.5. The molecule has 2 aliphatic rings. The molecule has 210 valence electrons. The van der Waals surface area contributed by atoms with Gasteiger partial charge in [-0.1, -0.05) is 151 Å². The maximum atomic E-state index is 3.63. The summed E-state index contributed by atoms with van der Waals surface area (Å²) in [5, 5.41) is 0. The Bertz CT molecular complexity index is 449. The molecule has 0 spiro atoms. The van der Waals surface area contributed by atoms with Crippen LogP contribution in [0, 0.1) is 35.5 Å². The molecule has 0 nitrogen and oxygen atoms in total. The van der Waals surface area contributed by atoms with Crippen molar-refractivity contribution in [3.8, 4) is 0 Å². The molecule has 2 rings (SSSR count). The normalized spacial score (nSPS) is 24.0. The highest BCUT2D eigenvalue weighted by molar-refractivity contribution is 4.82. The second kappa shape index (κ2) is 29.5. The van der Waals surface area contributed by atoms with Crippen LogP contribution >= 0.6 is 0 Å². The fourth-order valence-electron chi connectivity index (χ4n) is 4.25. The van der Waals surface area contributed by atoms with Crippen molar-refractivity contribution in [3.05, 3.63) is 37.0 Å². The molecule has 0 aromatic rings. The molecule has 0 heteroatoms. The monoisotopic (exact) mass is 491 g/mol. The van der Waals surface area contributed by atoms with Crippen molar-refractivity contribution in [3.63, 3.8) is 0 Å². The molecular weight excluding hydrogens is 420 g/mol. The Labute approximate surface area is 225 Å². The predicted octanol–water partition coefficient (Wildman–Crippen LogP) is 12.9. The largest absolute Gasteiger partial charge is 0.103 e. The van der Waals surface area contributed by atoms with Crippen LogP contribution in [0.5, 0.6) is 0 Å². The van der Waals surface area contributed by atoms with Crippen molar-refractivity contribution in [2.45, 2.75) is 153 Å². The maximum Gasteiger partial charge on any atom is -0.0262 e. The van der Waals surface area contributed by atoms with Crippen LogP contribution in [0.2, 0.25) is 0 Å². The molecule has 6 atom stereocenters. The third kappa shape index (κ3) is 29.3. The van der Waals surface area contributed by atoms with Crippen LogP contribution < -0.4 is 0 Å². The summed E-state index contributed by atoms with van der Waals surface area (Å²) in [6.07, 6.45) is 27.1. The first-order valence-corrected chi connectivity index (χ1v) is 15.6. The van der Waals surface area contributed by atoms with Crippen molar-refractivity contribution in [2.24, 2.45) is 35.5 Å². The fraction of sp³-hybridized carbons (Fsp3) is 0.829. The Morgan fingerprint density at radius 3 is 1.54 bits per heavy atom. The van der Waals surface area contributed by atoms with E-state index in [1.54, 1.807) is 0 Å². The van der Waals surface area contributed by atoms with Crippen LogP contribution in [-0.2, 0) is 0 Å². The van der Waals surface area contributed by atoms with E-state index in [0.717, 1.165) is 29.6 Å². The molecular formula is C35H70. The molecule has 0 aliphatic heterocycles. The van der Waals surface area contributed by atoms with Crippen LogP contribution in [0.4, 0.5) is 0 Å². The second-order valence-corrected chi connectivity index (χ2v) is 11.0. The van der Waals surface area contributed by atoms with Gasteiger partial charge in [-0.25, -0.2) is 0 Å². The van der Waals surface area contributed by atoms with Gasteiger partial charge in [0.2, 0.25) is 0 Å². The van der Waals surface area contributed by atoms with E-state index in [1.165, 1.54) is 77.0 Å². The summed E-state index contributed by atoms with van der Waals surface area (Å²) in [5.41, 5.74) is 0. The quantitative estimate of drug-likeness (QED) is 0.267.